The Morgan fingerprint density at radius 3 is 2.44 bits per heavy atom. The van der Waals surface area contributed by atoms with Crippen LogP contribution in [0.1, 0.15) is 0 Å². The lowest BCUT2D eigenvalue weighted by Crippen LogP contribution is -2.17. The summed E-state index contributed by atoms with van der Waals surface area (Å²) in [6, 6.07) is 0. The maximum absolute atomic E-state index is 10.5. The molecule has 0 aromatic heterocycles. The SMILES string of the molecule is COCOC([O])COC. The molecule has 0 bridgehead atoms. The topological polar surface area (TPSA) is 47.6 Å². The third-order valence-corrected chi connectivity index (χ3v) is 0.675. The number of methoxy groups -OCH3 is 2. The molecule has 9 heavy (non-hydrogen) atoms. The number of hydrogen-bond acceptors (Lipinski definition) is 3. The average molecular weight is 135 g/mol. The molecule has 1 radical (unpaired) electrons. The first-order chi connectivity index (χ1) is 4.31. The first-order valence-corrected chi connectivity index (χ1v) is 2.56. The molecule has 0 spiro atoms. The predicted molar refractivity (Wildman–Crippen MR) is 29.3 cm³/mol. The molecule has 0 aliphatic carbocycles. The molecule has 0 saturated heterocycles. The molecule has 1 atom stereocenters. The molecule has 0 aliphatic heterocycles. The van der Waals surface area contributed by atoms with Gasteiger partial charge in [0.2, 0.25) is 6.29 Å². The van der Waals surface area contributed by atoms with Gasteiger partial charge in [-0.25, -0.2) is 0 Å². The third-order valence-electron chi connectivity index (χ3n) is 0.675. The van der Waals surface area contributed by atoms with Crippen LogP contribution in [0.3, 0.4) is 0 Å². The highest BCUT2D eigenvalue weighted by Gasteiger charge is 2.02. The summed E-state index contributed by atoms with van der Waals surface area (Å²) in [4.78, 5) is 0. The highest BCUT2D eigenvalue weighted by molar-refractivity contribution is 4.30. The lowest BCUT2D eigenvalue weighted by molar-refractivity contribution is -0.207. The molecule has 0 fully saturated rings. The van der Waals surface area contributed by atoms with Crippen LogP contribution in [0, 0.1) is 0 Å². The van der Waals surface area contributed by atoms with E-state index in [0.29, 0.717) is 0 Å². The van der Waals surface area contributed by atoms with Crippen molar-refractivity contribution in [2.24, 2.45) is 0 Å². The molecule has 0 rings (SSSR count). The van der Waals surface area contributed by atoms with Crippen LogP contribution >= 0.6 is 0 Å². The van der Waals surface area contributed by atoms with Crippen LogP contribution in [0.25, 0.3) is 0 Å². The molecule has 1 unspecified atom stereocenters. The minimum Gasteiger partial charge on any atom is -0.379 e. The Hall–Kier alpha value is -0.160. The van der Waals surface area contributed by atoms with Crippen LogP contribution in [-0.4, -0.2) is 33.9 Å². The van der Waals surface area contributed by atoms with E-state index in [2.05, 4.69) is 14.2 Å². The predicted octanol–water partition coefficient (Wildman–Crippen LogP) is 0.00990. The molecule has 4 heteroatoms. The van der Waals surface area contributed by atoms with E-state index in [9.17, 15) is 5.11 Å². The van der Waals surface area contributed by atoms with Gasteiger partial charge in [-0.05, 0) is 0 Å². The van der Waals surface area contributed by atoms with Gasteiger partial charge in [0.25, 0.3) is 0 Å². The normalized spacial score (nSPS) is 13.7. The molecule has 0 N–H and O–H groups in total. The lowest BCUT2D eigenvalue weighted by atomic mass is 10.7. The molecule has 0 aromatic rings. The van der Waals surface area contributed by atoms with Gasteiger partial charge in [0.05, 0.1) is 0 Å². The maximum atomic E-state index is 10.5. The van der Waals surface area contributed by atoms with Gasteiger partial charge in [-0.15, -0.1) is 0 Å². The number of rotatable bonds is 5. The van der Waals surface area contributed by atoms with E-state index in [1.165, 1.54) is 14.2 Å². The quantitative estimate of drug-likeness (QED) is 0.499. The van der Waals surface area contributed by atoms with Crippen LogP contribution in [0.5, 0.6) is 0 Å². The molecule has 0 aromatic carbocycles. The standard InChI is InChI=1S/C5H11O4/c1-7-3-5(6)9-4-8-2/h5H,3-4H2,1-2H3. The highest BCUT2D eigenvalue weighted by atomic mass is 16.7. The average Bonchev–Trinajstić information content (AvgIpc) is 1.85. The lowest BCUT2D eigenvalue weighted by Gasteiger charge is -2.06. The van der Waals surface area contributed by atoms with Crippen molar-refractivity contribution in [3.63, 3.8) is 0 Å². The van der Waals surface area contributed by atoms with Crippen molar-refractivity contribution in [2.75, 3.05) is 27.6 Å². The summed E-state index contributed by atoms with van der Waals surface area (Å²) in [5.74, 6) is 0. The van der Waals surface area contributed by atoms with Crippen molar-refractivity contribution in [3.8, 4) is 0 Å². The zero-order chi connectivity index (χ0) is 7.11. The van der Waals surface area contributed by atoms with Crippen molar-refractivity contribution in [1.29, 1.82) is 0 Å². The van der Waals surface area contributed by atoms with Crippen molar-refractivity contribution >= 4 is 0 Å². The van der Waals surface area contributed by atoms with Gasteiger partial charge in [0, 0.05) is 14.2 Å². The van der Waals surface area contributed by atoms with Crippen LogP contribution in [0.15, 0.2) is 0 Å². The fraction of sp³-hybridized carbons (Fsp3) is 1.00. The number of ether oxygens (including phenoxy) is 3. The Kier molecular flexibility index (Phi) is 5.86. The Bertz CT molecular complexity index is 56.9. The van der Waals surface area contributed by atoms with Gasteiger partial charge in [0.15, 0.2) is 0 Å². The smallest absolute Gasteiger partial charge is 0.217 e. The minimum atomic E-state index is -1.13. The van der Waals surface area contributed by atoms with Crippen LogP contribution in [-0.2, 0) is 19.3 Å². The van der Waals surface area contributed by atoms with Gasteiger partial charge in [-0.1, -0.05) is 0 Å². The third kappa shape index (κ3) is 5.72. The summed E-state index contributed by atoms with van der Waals surface area (Å²) in [5, 5.41) is 10.5. The Morgan fingerprint density at radius 1 is 1.33 bits per heavy atom. The minimum absolute atomic E-state index is 0.0253. The highest BCUT2D eigenvalue weighted by Crippen LogP contribution is 1.87. The zero-order valence-corrected chi connectivity index (χ0v) is 5.62. The summed E-state index contributed by atoms with van der Waals surface area (Å²) in [6.07, 6.45) is -1.13. The van der Waals surface area contributed by atoms with Crippen LogP contribution < -0.4 is 0 Å². The van der Waals surface area contributed by atoms with E-state index >= 15 is 0 Å². The molecule has 0 aliphatic rings. The first-order valence-electron chi connectivity index (χ1n) is 2.56. The van der Waals surface area contributed by atoms with Gasteiger partial charge in [0.1, 0.15) is 13.4 Å². The fourth-order valence-electron chi connectivity index (χ4n) is 0.328. The zero-order valence-electron chi connectivity index (χ0n) is 5.62. The molecular formula is C5H11O4. The van der Waals surface area contributed by atoms with E-state index in [1.54, 1.807) is 0 Å². The first kappa shape index (κ1) is 8.84. The molecule has 0 heterocycles. The second-order valence-electron chi connectivity index (χ2n) is 1.46. The summed E-state index contributed by atoms with van der Waals surface area (Å²) < 4.78 is 13.5. The summed E-state index contributed by atoms with van der Waals surface area (Å²) in [7, 11) is 2.90. The van der Waals surface area contributed by atoms with E-state index in [1.807, 2.05) is 0 Å². The van der Waals surface area contributed by atoms with Crippen molar-refractivity contribution in [1.82, 2.24) is 0 Å². The Balaban J connectivity index is 2.95. The molecule has 0 amide bonds. The monoisotopic (exact) mass is 135 g/mol. The van der Waals surface area contributed by atoms with Crippen molar-refractivity contribution in [3.05, 3.63) is 0 Å². The van der Waals surface area contributed by atoms with E-state index in [4.69, 9.17) is 0 Å². The van der Waals surface area contributed by atoms with Gasteiger partial charge in [-0.3, -0.25) is 0 Å². The fourth-order valence-corrected chi connectivity index (χ4v) is 0.328. The maximum Gasteiger partial charge on any atom is 0.217 e. The van der Waals surface area contributed by atoms with Gasteiger partial charge >= 0.3 is 0 Å². The largest absolute Gasteiger partial charge is 0.379 e. The summed E-state index contributed by atoms with van der Waals surface area (Å²) in [6.45, 7) is 0.0842. The van der Waals surface area contributed by atoms with Crippen LogP contribution in [0.4, 0.5) is 0 Å². The van der Waals surface area contributed by atoms with Crippen LogP contribution in [0.2, 0.25) is 0 Å². The second-order valence-corrected chi connectivity index (χ2v) is 1.46. The second kappa shape index (κ2) is 5.97. The molecule has 0 saturated carbocycles. The Labute approximate surface area is 54.3 Å². The van der Waals surface area contributed by atoms with E-state index in [-0.39, 0.29) is 13.4 Å². The van der Waals surface area contributed by atoms with Gasteiger partial charge < -0.3 is 14.2 Å². The number of hydrogen-bond donors (Lipinski definition) is 0. The summed E-state index contributed by atoms with van der Waals surface area (Å²) >= 11 is 0. The molecule has 4 nitrogen and oxygen atoms in total. The Morgan fingerprint density at radius 2 is 2.00 bits per heavy atom. The molecule has 55 valence electrons. The summed E-state index contributed by atoms with van der Waals surface area (Å²) in [5.41, 5.74) is 0. The van der Waals surface area contributed by atoms with E-state index in [0.717, 1.165) is 0 Å². The van der Waals surface area contributed by atoms with Gasteiger partial charge in [-0.2, -0.15) is 5.11 Å². The van der Waals surface area contributed by atoms with Crippen molar-refractivity contribution in [2.45, 2.75) is 6.29 Å². The molecular weight excluding hydrogens is 124 g/mol. The van der Waals surface area contributed by atoms with Crippen molar-refractivity contribution < 1.29 is 19.3 Å². The van der Waals surface area contributed by atoms with E-state index < -0.39 is 6.29 Å².